The Hall–Kier alpha value is -1.88. The number of rotatable bonds is 2. The van der Waals surface area contributed by atoms with Gasteiger partial charge in [-0.1, -0.05) is 24.3 Å². The first-order valence-electron chi connectivity index (χ1n) is 10.5. The summed E-state index contributed by atoms with van der Waals surface area (Å²) < 4.78 is 0. The number of benzene rings is 1. The Bertz CT molecular complexity index is 689. The lowest BCUT2D eigenvalue weighted by atomic mass is 9.87. The fourth-order valence-electron chi connectivity index (χ4n) is 5.00. The molecule has 0 saturated carbocycles. The number of hydrogen-bond donors (Lipinski definition) is 0. The second-order valence-corrected chi connectivity index (χ2v) is 8.31. The summed E-state index contributed by atoms with van der Waals surface area (Å²) in [7, 11) is 0. The van der Waals surface area contributed by atoms with Crippen LogP contribution in [0.1, 0.15) is 37.3 Å². The van der Waals surface area contributed by atoms with Crippen molar-refractivity contribution in [2.75, 3.05) is 39.3 Å². The number of piperidine rings is 1. The second kappa shape index (κ2) is 8.01. The van der Waals surface area contributed by atoms with E-state index in [2.05, 4.69) is 34.1 Å². The van der Waals surface area contributed by atoms with Crippen LogP contribution in [0.4, 0.5) is 0 Å². The second-order valence-electron chi connectivity index (χ2n) is 8.31. The van der Waals surface area contributed by atoms with Gasteiger partial charge in [0.1, 0.15) is 0 Å². The van der Waals surface area contributed by atoms with Gasteiger partial charge in [-0.2, -0.15) is 0 Å². The highest BCUT2D eigenvalue weighted by Gasteiger charge is 2.33. The number of piperazine rings is 1. The number of aryl methyl sites for hydroxylation is 1. The SMILES string of the molecule is CC(=O)N1CCC(C(=O)N2CCN(C3CCc4ccccc4C3)CC2)CC1. The molecule has 0 radical (unpaired) electrons. The molecule has 1 aliphatic carbocycles. The summed E-state index contributed by atoms with van der Waals surface area (Å²) in [4.78, 5) is 30.9. The van der Waals surface area contributed by atoms with Gasteiger partial charge in [0.15, 0.2) is 0 Å². The Kier molecular flexibility index (Phi) is 5.48. The molecule has 1 aromatic carbocycles. The minimum atomic E-state index is 0.105. The van der Waals surface area contributed by atoms with E-state index < -0.39 is 0 Å². The van der Waals surface area contributed by atoms with Gasteiger partial charge in [0.05, 0.1) is 0 Å². The van der Waals surface area contributed by atoms with Gasteiger partial charge in [-0.3, -0.25) is 14.5 Å². The molecule has 2 amide bonds. The number of fused-ring (bicyclic) bond motifs is 1. The first kappa shape index (κ1) is 18.5. The van der Waals surface area contributed by atoms with Crippen LogP contribution in [0.25, 0.3) is 0 Å². The number of carbonyl (C=O) groups is 2. The van der Waals surface area contributed by atoms with Crippen molar-refractivity contribution in [3.05, 3.63) is 35.4 Å². The molecule has 0 aromatic heterocycles. The molecule has 2 aliphatic heterocycles. The summed E-state index contributed by atoms with van der Waals surface area (Å²) in [6.45, 7) is 6.76. The van der Waals surface area contributed by atoms with Gasteiger partial charge in [-0.25, -0.2) is 0 Å². The molecule has 3 aliphatic rings. The lowest BCUT2D eigenvalue weighted by molar-refractivity contribution is -0.141. The monoisotopic (exact) mass is 369 g/mol. The van der Waals surface area contributed by atoms with Crippen molar-refractivity contribution in [2.24, 2.45) is 5.92 Å². The molecular weight excluding hydrogens is 338 g/mol. The number of nitrogens with zero attached hydrogens (tertiary/aromatic N) is 3. The average molecular weight is 370 g/mol. The molecule has 0 bridgehead atoms. The zero-order valence-electron chi connectivity index (χ0n) is 16.4. The van der Waals surface area contributed by atoms with E-state index >= 15 is 0 Å². The van der Waals surface area contributed by atoms with Crippen LogP contribution in [0, 0.1) is 5.92 Å². The topological polar surface area (TPSA) is 43.9 Å². The third kappa shape index (κ3) is 4.03. The maximum absolute atomic E-state index is 12.9. The summed E-state index contributed by atoms with van der Waals surface area (Å²) in [5, 5.41) is 0. The van der Waals surface area contributed by atoms with Crippen LogP contribution < -0.4 is 0 Å². The van der Waals surface area contributed by atoms with E-state index in [4.69, 9.17) is 0 Å². The summed E-state index contributed by atoms with van der Waals surface area (Å²) >= 11 is 0. The van der Waals surface area contributed by atoms with Gasteiger partial charge in [-0.05, 0) is 43.2 Å². The van der Waals surface area contributed by atoms with E-state index in [1.165, 1.54) is 24.0 Å². The summed E-state index contributed by atoms with van der Waals surface area (Å²) in [5.41, 5.74) is 3.02. The maximum atomic E-state index is 12.9. The Labute approximate surface area is 162 Å². The molecule has 5 heteroatoms. The van der Waals surface area contributed by atoms with Crippen molar-refractivity contribution in [3.63, 3.8) is 0 Å². The maximum Gasteiger partial charge on any atom is 0.225 e. The smallest absolute Gasteiger partial charge is 0.225 e. The third-order valence-corrected chi connectivity index (χ3v) is 6.75. The van der Waals surface area contributed by atoms with Crippen molar-refractivity contribution in [1.82, 2.24) is 14.7 Å². The molecule has 4 rings (SSSR count). The summed E-state index contributed by atoms with van der Waals surface area (Å²) in [6, 6.07) is 9.45. The molecule has 2 heterocycles. The van der Waals surface area contributed by atoms with Crippen molar-refractivity contribution < 1.29 is 9.59 Å². The Balaban J connectivity index is 1.27. The van der Waals surface area contributed by atoms with Gasteiger partial charge in [-0.15, -0.1) is 0 Å². The molecule has 27 heavy (non-hydrogen) atoms. The van der Waals surface area contributed by atoms with Crippen molar-refractivity contribution in [2.45, 2.75) is 45.1 Å². The van der Waals surface area contributed by atoms with Crippen LogP contribution >= 0.6 is 0 Å². The van der Waals surface area contributed by atoms with Crippen molar-refractivity contribution in [1.29, 1.82) is 0 Å². The molecule has 0 spiro atoms. The largest absolute Gasteiger partial charge is 0.343 e. The molecule has 146 valence electrons. The number of carbonyl (C=O) groups excluding carboxylic acids is 2. The quantitative estimate of drug-likeness (QED) is 0.800. The molecule has 5 nitrogen and oxygen atoms in total. The van der Waals surface area contributed by atoms with Gasteiger partial charge < -0.3 is 9.80 Å². The van der Waals surface area contributed by atoms with Crippen molar-refractivity contribution >= 4 is 11.8 Å². The predicted molar refractivity (Wildman–Crippen MR) is 105 cm³/mol. The van der Waals surface area contributed by atoms with E-state index in [-0.39, 0.29) is 11.8 Å². The van der Waals surface area contributed by atoms with Crippen molar-refractivity contribution in [3.8, 4) is 0 Å². The van der Waals surface area contributed by atoms with Gasteiger partial charge in [0, 0.05) is 58.2 Å². The van der Waals surface area contributed by atoms with Crippen LogP contribution in [0.3, 0.4) is 0 Å². The predicted octanol–water partition coefficient (Wildman–Crippen LogP) is 1.95. The van der Waals surface area contributed by atoms with Crippen LogP contribution in [-0.2, 0) is 22.4 Å². The molecule has 2 saturated heterocycles. The Morgan fingerprint density at radius 3 is 2.19 bits per heavy atom. The molecule has 2 fully saturated rings. The van der Waals surface area contributed by atoms with E-state index in [0.29, 0.717) is 11.9 Å². The first-order valence-corrected chi connectivity index (χ1v) is 10.5. The Morgan fingerprint density at radius 2 is 1.52 bits per heavy atom. The summed E-state index contributed by atoms with van der Waals surface area (Å²) in [6.07, 6.45) is 5.19. The molecule has 1 atom stereocenters. The standard InChI is InChI=1S/C22H31N3O2/c1-17(26)23-10-8-19(9-11-23)22(27)25-14-12-24(13-15-25)21-7-6-18-4-2-3-5-20(18)16-21/h2-5,19,21H,6-16H2,1H3. The highest BCUT2D eigenvalue weighted by Crippen LogP contribution is 2.26. The van der Waals surface area contributed by atoms with Gasteiger partial charge in [0.25, 0.3) is 0 Å². The lowest BCUT2D eigenvalue weighted by Gasteiger charge is -2.42. The van der Waals surface area contributed by atoms with E-state index in [1.54, 1.807) is 6.92 Å². The normalized spacial score (nSPS) is 24.6. The van der Waals surface area contributed by atoms with Crippen LogP contribution in [0.2, 0.25) is 0 Å². The van der Waals surface area contributed by atoms with Crippen LogP contribution in [0.15, 0.2) is 24.3 Å². The molecule has 1 unspecified atom stereocenters. The summed E-state index contributed by atoms with van der Waals surface area (Å²) in [5.74, 6) is 0.545. The first-order chi connectivity index (χ1) is 13.1. The van der Waals surface area contributed by atoms with E-state index in [1.807, 2.05) is 4.90 Å². The molecular formula is C22H31N3O2. The minimum Gasteiger partial charge on any atom is -0.343 e. The minimum absolute atomic E-state index is 0.105. The van der Waals surface area contributed by atoms with E-state index in [9.17, 15) is 9.59 Å². The zero-order chi connectivity index (χ0) is 18.8. The van der Waals surface area contributed by atoms with Crippen LogP contribution in [-0.4, -0.2) is 71.8 Å². The highest BCUT2D eigenvalue weighted by atomic mass is 16.2. The average Bonchev–Trinajstić information content (AvgIpc) is 2.73. The number of amides is 2. The van der Waals surface area contributed by atoms with Gasteiger partial charge in [0.2, 0.25) is 11.8 Å². The van der Waals surface area contributed by atoms with Crippen LogP contribution in [0.5, 0.6) is 0 Å². The number of hydrogen-bond acceptors (Lipinski definition) is 3. The van der Waals surface area contributed by atoms with E-state index in [0.717, 1.165) is 58.5 Å². The number of likely N-dealkylation sites (tertiary alicyclic amines) is 1. The van der Waals surface area contributed by atoms with Gasteiger partial charge >= 0.3 is 0 Å². The Morgan fingerprint density at radius 1 is 0.852 bits per heavy atom. The third-order valence-electron chi connectivity index (χ3n) is 6.75. The fraction of sp³-hybridized carbons (Fsp3) is 0.636. The lowest BCUT2D eigenvalue weighted by Crippen LogP contribution is -2.54. The highest BCUT2D eigenvalue weighted by molar-refractivity contribution is 5.80. The molecule has 0 N–H and O–H groups in total. The zero-order valence-corrected chi connectivity index (χ0v) is 16.4. The molecule has 1 aromatic rings. The fourth-order valence-corrected chi connectivity index (χ4v) is 5.00.